The lowest BCUT2D eigenvalue weighted by molar-refractivity contribution is -0.128. The summed E-state index contributed by atoms with van der Waals surface area (Å²) in [5, 5.41) is 5.49. The van der Waals surface area contributed by atoms with Crippen molar-refractivity contribution < 1.29 is 9.59 Å². The molecule has 0 saturated heterocycles. The highest BCUT2D eigenvalue weighted by atomic mass is 35.5. The van der Waals surface area contributed by atoms with E-state index in [0.29, 0.717) is 18.9 Å². The zero-order chi connectivity index (χ0) is 15.0. The highest BCUT2D eigenvalue weighted by Gasteiger charge is 2.21. The molecule has 0 spiro atoms. The highest BCUT2D eigenvalue weighted by molar-refractivity contribution is 6.27. The predicted molar refractivity (Wildman–Crippen MR) is 80.4 cm³/mol. The fraction of sp³-hybridized carbons (Fsp3) is 0.467. The number of carbonyl (C=O) groups excluding carboxylic acids is 2. The molecule has 0 fully saturated rings. The Morgan fingerprint density at radius 1 is 1.20 bits per heavy atom. The standard InChI is InChI=1S/C15H21ClN2O2/c1-11(2)8-13(18-14(19)9-16)15(20)17-10-12-6-4-3-5-7-12/h3-7,11,13H,8-10H2,1-2H3,(H,17,20)(H,18,19)/t13-/m0/s1. The molecule has 1 atom stereocenters. The summed E-state index contributed by atoms with van der Waals surface area (Å²) in [6, 6.07) is 9.10. The van der Waals surface area contributed by atoms with Crippen LogP contribution in [0.2, 0.25) is 0 Å². The van der Waals surface area contributed by atoms with E-state index in [9.17, 15) is 9.59 Å². The van der Waals surface area contributed by atoms with Crippen molar-refractivity contribution in [2.75, 3.05) is 5.88 Å². The molecular formula is C15H21ClN2O2. The first-order valence-corrected chi connectivity index (χ1v) is 7.23. The number of nitrogens with one attached hydrogen (secondary N) is 2. The van der Waals surface area contributed by atoms with Crippen LogP contribution in [0.25, 0.3) is 0 Å². The summed E-state index contributed by atoms with van der Waals surface area (Å²) in [7, 11) is 0. The van der Waals surface area contributed by atoms with Crippen molar-refractivity contribution >= 4 is 23.4 Å². The molecule has 1 aromatic rings. The minimum absolute atomic E-state index is 0.138. The first kappa shape index (κ1) is 16.5. The maximum absolute atomic E-state index is 12.1. The van der Waals surface area contributed by atoms with Gasteiger partial charge in [-0.1, -0.05) is 44.2 Å². The van der Waals surface area contributed by atoms with Gasteiger partial charge in [-0.05, 0) is 17.9 Å². The lowest BCUT2D eigenvalue weighted by atomic mass is 10.0. The number of carbonyl (C=O) groups is 2. The van der Waals surface area contributed by atoms with E-state index in [0.717, 1.165) is 5.56 Å². The lowest BCUT2D eigenvalue weighted by Crippen LogP contribution is -2.47. The Labute approximate surface area is 124 Å². The van der Waals surface area contributed by atoms with Gasteiger partial charge in [-0.25, -0.2) is 0 Å². The van der Waals surface area contributed by atoms with Crippen LogP contribution in [0.1, 0.15) is 25.8 Å². The summed E-state index contributed by atoms with van der Waals surface area (Å²) >= 11 is 5.47. The van der Waals surface area contributed by atoms with Crippen molar-refractivity contribution in [3.63, 3.8) is 0 Å². The maximum atomic E-state index is 12.1. The summed E-state index contributed by atoms with van der Waals surface area (Å²) in [4.78, 5) is 23.5. The summed E-state index contributed by atoms with van der Waals surface area (Å²) < 4.78 is 0. The monoisotopic (exact) mass is 296 g/mol. The Balaban J connectivity index is 2.56. The fourth-order valence-electron chi connectivity index (χ4n) is 1.84. The van der Waals surface area contributed by atoms with Gasteiger partial charge in [0.15, 0.2) is 0 Å². The van der Waals surface area contributed by atoms with Crippen molar-refractivity contribution in [2.24, 2.45) is 5.92 Å². The highest BCUT2D eigenvalue weighted by Crippen LogP contribution is 2.06. The van der Waals surface area contributed by atoms with Crippen molar-refractivity contribution in [1.29, 1.82) is 0 Å². The second kappa shape index (κ2) is 8.59. The molecule has 1 rings (SSSR count). The zero-order valence-corrected chi connectivity index (χ0v) is 12.6. The molecule has 0 saturated carbocycles. The van der Waals surface area contributed by atoms with Crippen LogP contribution in [0, 0.1) is 5.92 Å². The molecule has 1 aromatic carbocycles. The summed E-state index contributed by atoms with van der Waals surface area (Å²) in [5.74, 6) is -0.341. The Morgan fingerprint density at radius 2 is 1.85 bits per heavy atom. The minimum Gasteiger partial charge on any atom is -0.350 e. The molecule has 0 bridgehead atoms. The van der Waals surface area contributed by atoms with Crippen LogP contribution in [-0.4, -0.2) is 23.7 Å². The first-order valence-electron chi connectivity index (χ1n) is 6.70. The fourth-order valence-corrected chi connectivity index (χ4v) is 1.92. The van der Waals surface area contributed by atoms with Crippen LogP contribution in [0.5, 0.6) is 0 Å². The molecule has 0 heterocycles. The van der Waals surface area contributed by atoms with Gasteiger partial charge in [-0.15, -0.1) is 11.6 Å². The molecule has 0 aliphatic heterocycles. The van der Waals surface area contributed by atoms with Crippen LogP contribution in [0.4, 0.5) is 0 Å². The first-order chi connectivity index (χ1) is 9.52. The van der Waals surface area contributed by atoms with Crippen LogP contribution in [-0.2, 0) is 16.1 Å². The van der Waals surface area contributed by atoms with E-state index >= 15 is 0 Å². The number of hydrogen-bond acceptors (Lipinski definition) is 2. The number of halogens is 1. The van der Waals surface area contributed by atoms with Crippen molar-refractivity contribution in [3.8, 4) is 0 Å². The molecule has 0 aliphatic rings. The van der Waals surface area contributed by atoms with Crippen LogP contribution in [0.15, 0.2) is 30.3 Å². The van der Waals surface area contributed by atoms with E-state index < -0.39 is 6.04 Å². The second-order valence-corrected chi connectivity index (χ2v) is 5.35. The van der Waals surface area contributed by atoms with Gasteiger partial charge in [0.2, 0.25) is 11.8 Å². The molecule has 110 valence electrons. The quantitative estimate of drug-likeness (QED) is 0.757. The average Bonchev–Trinajstić information content (AvgIpc) is 2.44. The largest absolute Gasteiger partial charge is 0.350 e. The molecular weight excluding hydrogens is 276 g/mol. The summed E-state index contributed by atoms with van der Waals surface area (Å²) in [6.45, 7) is 4.46. The number of benzene rings is 1. The lowest BCUT2D eigenvalue weighted by Gasteiger charge is -2.19. The van der Waals surface area contributed by atoms with Crippen molar-refractivity contribution in [1.82, 2.24) is 10.6 Å². The van der Waals surface area contributed by atoms with Gasteiger partial charge in [-0.3, -0.25) is 9.59 Å². The maximum Gasteiger partial charge on any atom is 0.242 e. The molecule has 0 aromatic heterocycles. The molecule has 4 nitrogen and oxygen atoms in total. The van der Waals surface area contributed by atoms with Crippen LogP contribution in [0.3, 0.4) is 0 Å². The molecule has 0 radical (unpaired) electrons. The predicted octanol–water partition coefficient (Wildman–Crippen LogP) is 2.07. The van der Waals surface area contributed by atoms with Gasteiger partial charge in [-0.2, -0.15) is 0 Å². The normalized spacial score (nSPS) is 12.0. The number of rotatable bonds is 7. The number of amides is 2. The van der Waals surface area contributed by atoms with Gasteiger partial charge in [0.05, 0.1) is 0 Å². The average molecular weight is 297 g/mol. The Morgan fingerprint density at radius 3 is 2.40 bits per heavy atom. The van der Waals surface area contributed by atoms with Crippen LogP contribution < -0.4 is 10.6 Å². The van der Waals surface area contributed by atoms with Crippen LogP contribution >= 0.6 is 11.6 Å². The topological polar surface area (TPSA) is 58.2 Å². The smallest absolute Gasteiger partial charge is 0.242 e. The third kappa shape index (κ3) is 6.06. The van der Waals surface area contributed by atoms with Gasteiger partial charge < -0.3 is 10.6 Å². The number of alkyl halides is 1. The molecule has 2 amide bonds. The summed E-state index contributed by atoms with van der Waals surface area (Å²) in [5.41, 5.74) is 1.02. The molecule has 2 N–H and O–H groups in total. The van der Waals surface area contributed by atoms with Gasteiger partial charge in [0.25, 0.3) is 0 Å². The Bertz CT molecular complexity index is 435. The molecule has 5 heteroatoms. The minimum atomic E-state index is -0.537. The third-order valence-electron chi connectivity index (χ3n) is 2.79. The van der Waals surface area contributed by atoms with Gasteiger partial charge >= 0.3 is 0 Å². The van der Waals surface area contributed by atoms with Crippen molar-refractivity contribution in [3.05, 3.63) is 35.9 Å². The van der Waals surface area contributed by atoms with E-state index in [1.165, 1.54) is 0 Å². The SMILES string of the molecule is CC(C)C[C@H](NC(=O)CCl)C(=O)NCc1ccccc1. The van der Waals surface area contributed by atoms with E-state index in [1.54, 1.807) is 0 Å². The van der Waals surface area contributed by atoms with E-state index in [4.69, 9.17) is 11.6 Å². The van der Waals surface area contributed by atoms with E-state index in [1.807, 2.05) is 44.2 Å². The molecule has 0 aliphatic carbocycles. The molecule has 20 heavy (non-hydrogen) atoms. The third-order valence-corrected chi connectivity index (χ3v) is 3.03. The zero-order valence-electron chi connectivity index (χ0n) is 11.9. The van der Waals surface area contributed by atoms with E-state index in [-0.39, 0.29) is 17.7 Å². The van der Waals surface area contributed by atoms with Gasteiger partial charge in [0, 0.05) is 6.54 Å². The van der Waals surface area contributed by atoms with Gasteiger partial charge in [0.1, 0.15) is 11.9 Å². The van der Waals surface area contributed by atoms with Crippen molar-refractivity contribution in [2.45, 2.75) is 32.9 Å². The molecule has 0 unspecified atom stereocenters. The summed E-state index contributed by atoms with van der Waals surface area (Å²) in [6.07, 6.45) is 0.587. The second-order valence-electron chi connectivity index (χ2n) is 5.09. The number of hydrogen-bond donors (Lipinski definition) is 2. The Hall–Kier alpha value is -1.55. The Kier molecular flexibility index (Phi) is 7.09. The van der Waals surface area contributed by atoms with E-state index in [2.05, 4.69) is 10.6 Å².